The van der Waals surface area contributed by atoms with Gasteiger partial charge in [0.05, 0.1) is 34.6 Å². The fourth-order valence-corrected chi connectivity index (χ4v) is 5.09. The van der Waals surface area contributed by atoms with E-state index in [0.717, 1.165) is 5.56 Å². The molecular weight excluding hydrogens is 460 g/mol. The van der Waals surface area contributed by atoms with Gasteiger partial charge in [-0.15, -0.1) is 0 Å². The number of allylic oxidation sites excluding steroid dienone is 1. The molecule has 1 aliphatic heterocycles. The Morgan fingerprint density at radius 2 is 1.89 bits per heavy atom. The molecule has 0 aliphatic carbocycles. The van der Waals surface area contributed by atoms with Gasteiger partial charge < -0.3 is 10.1 Å². The summed E-state index contributed by atoms with van der Waals surface area (Å²) in [6.45, 7) is 1.79. The first kappa shape index (κ1) is 22.5. The van der Waals surface area contributed by atoms with Crippen LogP contribution in [-0.4, -0.2) is 22.6 Å². The fourth-order valence-electron chi connectivity index (χ4n) is 4.05. The number of thiazole rings is 1. The molecule has 0 radical (unpaired) electrons. The third kappa shape index (κ3) is 4.43. The van der Waals surface area contributed by atoms with Gasteiger partial charge in [0.2, 0.25) is 0 Å². The topological polar surface area (TPSA) is 85.6 Å². The molecule has 2 aromatic carbocycles. The molecular formula is C27H22N4O3S. The number of para-hydroxylation sites is 1. The average molecular weight is 483 g/mol. The van der Waals surface area contributed by atoms with Crippen molar-refractivity contribution in [2.24, 2.45) is 4.99 Å². The Hall–Kier alpha value is -4.30. The van der Waals surface area contributed by atoms with Crippen LogP contribution in [0.15, 0.2) is 100 Å². The molecule has 2 aromatic heterocycles. The summed E-state index contributed by atoms with van der Waals surface area (Å²) >= 11 is 1.28. The number of aromatic nitrogens is 2. The van der Waals surface area contributed by atoms with E-state index >= 15 is 0 Å². The van der Waals surface area contributed by atoms with Crippen molar-refractivity contribution in [2.75, 3.05) is 12.4 Å². The van der Waals surface area contributed by atoms with E-state index in [4.69, 9.17) is 4.74 Å². The molecule has 0 bridgehead atoms. The zero-order chi connectivity index (χ0) is 24.4. The first-order chi connectivity index (χ1) is 17.0. The van der Waals surface area contributed by atoms with Gasteiger partial charge >= 0.3 is 0 Å². The summed E-state index contributed by atoms with van der Waals surface area (Å²) in [6.07, 6.45) is 3.42. The van der Waals surface area contributed by atoms with E-state index in [1.165, 1.54) is 11.3 Å². The highest BCUT2D eigenvalue weighted by Gasteiger charge is 2.32. The van der Waals surface area contributed by atoms with Gasteiger partial charge in [-0.05, 0) is 55.0 Å². The molecule has 35 heavy (non-hydrogen) atoms. The molecule has 5 rings (SSSR count). The first-order valence-corrected chi connectivity index (χ1v) is 11.8. The van der Waals surface area contributed by atoms with Gasteiger partial charge in [-0.2, -0.15) is 0 Å². The fraction of sp³-hybridized carbons (Fsp3) is 0.111. The van der Waals surface area contributed by atoms with E-state index in [9.17, 15) is 9.59 Å². The number of methoxy groups -OCH3 is 1. The largest absolute Gasteiger partial charge is 0.497 e. The molecule has 7 nitrogen and oxygen atoms in total. The SMILES string of the molecule is COc1cccc([C@@H]2C(C(=O)Nc3ccccc3)=C(C)N=c3sc(=Cc4ccccn4)c(=O)n32)c1. The van der Waals surface area contributed by atoms with E-state index < -0.39 is 6.04 Å². The van der Waals surface area contributed by atoms with Crippen LogP contribution in [0.5, 0.6) is 5.75 Å². The second kappa shape index (κ2) is 9.52. The molecule has 8 heteroatoms. The Morgan fingerprint density at radius 3 is 2.63 bits per heavy atom. The van der Waals surface area contributed by atoms with Crippen molar-refractivity contribution in [3.05, 3.63) is 121 Å². The van der Waals surface area contributed by atoms with Crippen LogP contribution in [0.3, 0.4) is 0 Å². The van der Waals surface area contributed by atoms with Crippen molar-refractivity contribution in [1.29, 1.82) is 0 Å². The minimum atomic E-state index is -0.670. The zero-order valence-electron chi connectivity index (χ0n) is 19.1. The number of nitrogens with one attached hydrogen (secondary N) is 1. The van der Waals surface area contributed by atoms with Gasteiger partial charge in [-0.1, -0.05) is 47.7 Å². The Labute approximate surface area is 205 Å². The molecule has 174 valence electrons. The van der Waals surface area contributed by atoms with Gasteiger partial charge in [0.25, 0.3) is 11.5 Å². The van der Waals surface area contributed by atoms with Crippen LogP contribution in [0.4, 0.5) is 5.69 Å². The lowest BCUT2D eigenvalue weighted by Crippen LogP contribution is -2.40. The predicted molar refractivity (Wildman–Crippen MR) is 136 cm³/mol. The molecule has 0 unspecified atom stereocenters. The van der Waals surface area contributed by atoms with Crippen LogP contribution in [0.25, 0.3) is 6.08 Å². The first-order valence-electron chi connectivity index (χ1n) is 11.0. The number of carbonyl (C=O) groups excluding carboxylic acids is 1. The number of anilines is 1. The van der Waals surface area contributed by atoms with Crippen molar-refractivity contribution < 1.29 is 9.53 Å². The summed E-state index contributed by atoms with van der Waals surface area (Å²) in [4.78, 5) is 36.7. The number of nitrogens with zero attached hydrogens (tertiary/aromatic N) is 3. The number of pyridine rings is 1. The van der Waals surface area contributed by atoms with Crippen LogP contribution < -0.4 is 24.9 Å². The average Bonchev–Trinajstić information content (AvgIpc) is 3.18. The summed E-state index contributed by atoms with van der Waals surface area (Å²) in [6, 6.07) is 21.5. The highest BCUT2D eigenvalue weighted by Crippen LogP contribution is 2.32. The summed E-state index contributed by atoms with van der Waals surface area (Å²) in [5.74, 6) is 0.319. The van der Waals surface area contributed by atoms with E-state index in [-0.39, 0.29) is 11.5 Å². The highest BCUT2D eigenvalue weighted by molar-refractivity contribution is 7.07. The monoisotopic (exact) mass is 482 g/mol. The standard InChI is InChI=1S/C27H22N4O3S/c1-17-23(25(32)30-19-10-4-3-5-11-19)24(18-9-8-13-21(15-18)34-2)31-26(33)22(35-27(31)29-17)16-20-12-6-7-14-28-20/h3-16,24H,1-2H3,(H,30,32)/t24-/m1/s1. The molecule has 0 spiro atoms. The van der Waals surface area contributed by atoms with Crippen LogP contribution >= 0.6 is 11.3 Å². The lowest BCUT2D eigenvalue weighted by molar-refractivity contribution is -0.113. The third-order valence-corrected chi connectivity index (χ3v) is 6.66. The molecule has 1 aliphatic rings. The number of fused-ring (bicyclic) bond motifs is 1. The van der Waals surface area contributed by atoms with Crippen LogP contribution in [-0.2, 0) is 4.79 Å². The molecule has 3 heterocycles. The Morgan fingerprint density at radius 1 is 1.09 bits per heavy atom. The molecule has 0 fully saturated rings. The van der Waals surface area contributed by atoms with E-state index in [1.54, 1.807) is 30.9 Å². The van der Waals surface area contributed by atoms with Crippen LogP contribution in [0.1, 0.15) is 24.2 Å². The molecule has 1 atom stereocenters. The van der Waals surface area contributed by atoms with Gasteiger partial charge in [0, 0.05) is 11.9 Å². The van der Waals surface area contributed by atoms with E-state index in [0.29, 0.717) is 37.7 Å². The quantitative estimate of drug-likeness (QED) is 0.473. The predicted octanol–water partition coefficient (Wildman–Crippen LogP) is 3.28. The van der Waals surface area contributed by atoms with Gasteiger partial charge in [-0.3, -0.25) is 19.1 Å². The summed E-state index contributed by atoms with van der Waals surface area (Å²) < 4.78 is 7.50. The highest BCUT2D eigenvalue weighted by atomic mass is 32.1. The van der Waals surface area contributed by atoms with Crippen molar-refractivity contribution in [1.82, 2.24) is 9.55 Å². The van der Waals surface area contributed by atoms with Crippen molar-refractivity contribution in [3.63, 3.8) is 0 Å². The Kier molecular flexibility index (Phi) is 6.12. The normalized spacial score (nSPS) is 15.4. The second-order valence-electron chi connectivity index (χ2n) is 7.93. The summed E-state index contributed by atoms with van der Waals surface area (Å²) in [7, 11) is 1.58. The Bertz CT molecular complexity index is 1610. The molecule has 1 N–H and O–H groups in total. The maximum atomic E-state index is 13.7. The number of hydrogen-bond acceptors (Lipinski definition) is 6. The number of rotatable bonds is 5. The maximum absolute atomic E-state index is 13.7. The number of carbonyl (C=O) groups is 1. The molecule has 0 saturated carbocycles. The molecule has 1 amide bonds. The van der Waals surface area contributed by atoms with Gasteiger partial charge in [0.1, 0.15) is 5.75 Å². The second-order valence-corrected chi connectivity index (χ2v) is 8.94. The van der Waals surface area contributed by atoms with Crippen molar-refractivity contribution in [3.8, 4) is 5.75 Å². The number of amides is 1. The van der Waals surface area contributed by atoms with Crippen LogP contribution in [0, 0.1) is 0 Å². The summed E-state index contributed by atoms with van der Waals surface area (Å²) in [5, 5.41) is 2.95. The van der Waals surface area contributed by atoms with Crippen molar-refractivity contribution in [2.45, 2.75) is 13.0 Å². The summed E-state index contributed by atoms with van der Waals surface area (Å²) in [5.41, 5.74) is 2.81. The number of benzene rings is 2. The maximum Gasteiger partial charge on any atom is 0.271 e. The number of ether oxygens (including phenoxy) is 1. The lowest BCUT2D eigenvalue weighted by atomic mass is 9.95. The van der Waals surface area contributed by atoms with Crippen LogP contribution in [0.2, 0.25) is 0 Å². The lowest BCUT2D eigenvalue weighted by Gasteiger charge is -2.25. The number of hydrogen-bond donors (Lipinski definition) is 1. The molecule has 4 aromatic rings. The minimum absolute atomic E-state index is 0.232. The van der Waals surface area contributed by atoms with Crippen molar-refractivity contribution >= 4 is 29.0 Å². The van der Waals surface area contributed by atoms with Gasteiger partial charge in [0.15, 0.2) is 4.80 Å². The molecule has 0 saturated heterocycles. The van der Waals surface area contributed by atoms with Gasteiger partial charge in [-0.25, -0.2) is 4.99 Å². The third-order valence-electron chi connectivity index (χ3n) is 5.67. The minimum Gasteiger partial charge on any atom is -0.497 e. The van der Waals surface area contributed by atoms with E-state index in [2.05, 4.69) is 15.3 Å². The van der Waals surface area contributed by atoms with E-state index in [1.807, 2.05) is 72.8 Å². The Balaban J connectivity index is 1.69. The zero-order valence-corrected chi connectivity index (χ0v) is 20.0. The smallest absolute Gasteiger partial charge is 0.271 e.